The second-order valence-electron chi connectivity index (χ2n) is 8.20. The quantitative estimate of drug-likeness (QED) is 0.550. The Morgan fingerprint density at radius 1 is 1.18 bits per heavy atom. The number of carbonyl (C=O) groups excluding carboxylic acids is 2. The van der Waals surface area contributed by atoms with Crippen LogP contribution in [0.3, 0.4) is 0 Å². The lowest BCUT2D eigenvalue weighted by atomic mass is 9.98. The number of hydrogen-bond acceptors (Lipinski definition) is 5. The average Bonchev–Trinajstić information content (AvgIpc) is 3.27. The van der Waals surface area contributed by atoms with E-state index < -0.39 is 0 Å². The van der Waals surface area contributed by atoms with Gasteiger partial charge in [0.1, 0.15) is 12.3 Å². The fourth-order valence-electron chi connectivity index (χ4n) is 3.73. The van der Waals surface area contributed by atoms with E-state index in [1.165, 1.54) is 9.91 Å². The van der Waals surface area contributed by atoms with Gasteiger partial charge in [-0.25, -0.2) is 5.01 Å². The highest BCUT2D eigenvalue weighted by atomic mass is 35.5. The molecule has 1 aliphatic heterocycles. The molecule has 7 nitrogen and oxygen atoms in total. The molecule has 0 radical (unpaired) electrons. The van der Waals surface area contributed by atoms with Crippen LogP contribution in [0.15, 0.2) is 53.6 Å². The Kier molecular flexibility index (Phi) is 8.47. The van der Waals surface area contributed by atoms with Gasteiger partial charge >= 0.3 is 0 Å². The van der Waals surface area contributed by atoms with E-state index in [-0.39, 0.29) is 30.3 Å². The highest BCUT2D eigenvalue weighted by Gasteiger charge is 2.34. The molecule has 0 aromatic heterocycles. The summed E-state index contributed by atoms with van der Waals surface area (Å²) in [7, 11) is 3.18. The molecule has 0 bridgehead atoms. The van der Waals surface area contributed by atoms with E-state index in [4.69, 9.17) is 26.2 Å². The standard InChI is InChI=1S/C25H30ClN3O4/c1-17(2)25(31)28(12-13-32-3)16-24(30)29-23(18-8-10-20(26)11-9-18)15-22(27-29)19-6-5-7-21(14-19)33-4/h5-11,14,17,23H,12-13,15-16H2,1-4H3/t23-/m0/s1. The maximum atomic E-state index is 13.4. The second kappa shape index (κ2) is 11.3. The summed E-state index contributed by atoms with van der Waals surface area (Å²) < 4.78 is 10.5. The van der Waals surface area contributed by atoms with Crippen molar-refractivity contribution in [1.29, 1.82) is 0 Å². The molecule has 2 amide bonds. The molecule has 0 fully saturated rings. The lowest BCUT2D eigenvalue weighted by Gasteiger charge is -2.28. The Labute approximate surface area is 199 Å². The monoisotopic (exact) mass is 471 g/mol. The fourth-order valence-corrected chi connectivity index (χ4v) is 3.86. The largest absolute Gasteiger partial charge is 0.497 e. The predicted octanol–water partition coefficient (Wildman–Crippen LogP) is 4.16. The van der Waals surface area contributed by atoms with E-state index >= 15 is 0 Å². The van der Waals surface area contributed by atoms with Crippen LogP contribution in [0, 0.1) is 5.92 Å². The number of hydrogen-bond donors (Lipinski definition) is 0. The van der Waals surface area contributed by atoms with Gasteiger partial charge in [-0.2, -0.15) is 5.10 Å². The first-order valence-electron chi connectivity index (χ1n) is 10.9. The fraction of sp³-hybridized carbons (Fsp3) is 0.400. The summed E-state index contributed by atoms with van der Waals surface area (Å²) in [5, 5.41) is 6.81. The Bertz CT molecular complexity index is 1010. The van der Waals surface area contributed by atoms with Gasteiger partial charge in [-0.1, -0.05) is 49.7 Å². The molecule has 0 N–H and O–H groups in total. The minimum Gasteiger partial charge on any atom is -0.497 e. The second-order valence-corrected chi connectivity index (χ2v) is 8.63. The normalized spacial score (nSPS) is 15.5. The summed E-state index contributed by atoms with van der Waals surface area (Å²) in [5.74, 6) is 0.144. The van der Waals surface area contributed by atoms with Gasteiger partial charge in [-0.15, -0.1) is 0 Å². The van der Waals surface area contributed by atoms with E-state index in [1.54, 1.807) is 26.4 Å². The minimum absolute atomic E-state index is 0.0701. The third kappa shape index (κ3) is 6.12. The zero-order valence-corrected chi connectivity index (χ0v) is 20.2. The van der Waals surface area contributed by atoms with Crippen molar-refractivity contribution in [3.63, 3.8) is 0 Å². The number of nitrogens with zero attached hydrogens (tertiary/aromatic N) is 3. The summed E-state index contributed by atoms with van der Waals surface area (Å²) in [6.07, 6.45) is 0.538. The zero-order valence-electron chi connectivity index (χ0n) is 19.5. The molecule has 33 heavy (non-hydrogen) atoms. The maximum absolute atomic E-state index is 13.4. The Balaban J connectivity index is 1.91. The molecule has 1 atom stereocenters. The zero-order chi connectivity index (χ0) is 24.0. The number of methoxy groups -OCH3 is 2. The van der Waals surface area contributed by atoms with Crippen molar-refractivity contribution in [2.24, 2.45) is 11.0 Å². The number of rotatable bonds is 9. The van der Waals surface area contributed by atoms with Gasteiger partial charge in [-0.3, -0.25) is 9.59 Å². The van der Waals surface area contributed by atoms with Crippen molar-refractivity contribution in [3.8, 4) is 5.75 Å². The molecule has 2 aromatic rings. The molecule has 8 heteroatoms. The van der Waals surface area contributed by atoms with Crippen LogP contribution in [-0.2, 0) is 14.3 Å². The van der Waals surface area contributed by atoms with E-state index in [0.717, 1.165) is 22.6 Å². The minimum atomic E-state index is -0.297. The summed E-state index contributed by atoms with van der Waals surface area (Å²) in [6.45, 7) is 4.26. The maximum Gasteiger partial charge on any atom is 0.262 e. The third-order valence-corrected chi connectivity index (χ3v) is 5.77. The first-order valence-corrected chi connectivity index (χ1v) is 11.3. The van der Waals surface area contributed by atoms with Crippen molar-refractivity contribution >= 4 is 29.1 Å². The van der Waals surface area contributed by atoms with Crippen molar-refractivity contribution in [3.05, 3.63) is 64.7 Å². The van der Waals surface area contributed by atoms with Gasteiger partial charge < -0.3 is 14.4 Å². The van der Waals surface area contributed by atoms with Crippen LogP contribution < -0.4 is 4.74 Å². The number of amides is 2. The molecule has 0 spiro atoms. The molecule has 0 saturated heterocycles. The number of halogens is 1. The van der Waals surface area contributed by atoms with Crippen LogP contribution in [0.5, 0.6) is 5.75 Å². The van der Waals surface area contributed by atoms with E-state index in [1.807, 2.05) is 50.2 Å². The van der Waals surface area contributed by atoms with Gasteiger partial charge in [0.2, 0.25) is 5.91 Å². The van der Waals surface area contributed by atoms with Gasteiger partial charge in [0.25, 0.3) is 5.91 Å². The number of hydrazone groups is 1. The Hall–Kier alpha value is -2.90. The number of ether oxygens (including phenoxy) is 2. The van der Waals surface area contributed by atoms with Crippen molar-refractivity contribution in [1.82, 2.24) is 9.91 Å². The first kappa shape index (κ1) is 24.7. The smallest absolute Gasteiger partial charge is 0.262 e. The van der Waals surface area contributed by atoms with E-state index in [0.29, 0.717) is 24.6 Å². The van der Waals surface area contributed by atoms with Crippen molar-refractivity contribution in [2.45, 2.75) is 26.3 Å². The molecule has 0 unspecified atom stereocenters. The highest BCUT2D eigenvalue weighted by molar-refractivity contribution is 6.30. The molecule has 0 saturated carbocycles. The molecular formula is C25H30ClN3O4. The van der Waals surface area contributed by atoms with Crippen LogP contribution in [0.1, 0.15) is 37.4 Å². The average molecular weight is 472 g/mol. The molecule has 0 aliphatic carbocycles. The summed E-state index contributed by atoms with van der Waals surface area (Å²) in [5.41, 5.74) is 2.59. The van der Waals surface area contributed by atoms with Gasteiger partial charge in [0, 0.05) is 36.6 Å². The number of carbonyl (C=O) groups is 2. The molecule has 1 heterocycles. The molecule has 2 aromatic carbocycles. The van der Waals surface area contributed by atoms with Gasteiger partial charge in [0.15, 0.2) is 0 Å². The van der Waals surface area contributed by atoms with Gasteiger partial charge in [0.05, 0.1) is 25.5 Å². The van der Waals surface area contributed by atoms with Crippen LogP contribution >= 0.6 is 11.6 Å². The van der Waals surface area contributed by atoms with Crippen LogP contribution in [-0.4, -0.2) is 61.4 Å². The Morgan fingerprint density at radius 3 is 2.55 bits per heavy atom. The van der Waals surface area contributed by atoms with Crippen molar-refractivity contribution in [2.75, 3.05) is 33.9 Å². The molecular weight excluding hydrogens is 442 g/mol. The molecule has 1 aliphatic rings. The van der Waals surface area contributed by atoms with Crippen LogP contribution in [0.4, 0.5) is 0 Å². The third-order valence-electron chi connectivity index (χ3n) is 5.52. The SMILES string of the molecule is COCCN(CC(=O)N1N=C(c2cccc(OC)c2)C[C@H]1c1ccc(Cl)cc1)C(=O)C(C)C. The van der Waals surface area contributed by atoms with Crippen LogP contribution in [0.2, 0.25) is 5.02 Å². The summed E-state index contributed by atoms with van der Waals surface area (Å²) >= 11 is 6.08. The van der Waals surface area contributed by atoms with Gasteiger partial charge in [-0.05, 0) is 29.8 Å². The molecule has 176 valence electrons. The first-order chi connectivity index (χ1) is 15.8. The predicted molar refractivity (Wildman–Crippen MR) is 128 cm³/mol. The highest BCUT2D eigenvalue weighted by Crippen LogP contribution is 2.34. The van der Waals surface area contributed by atoms with Crippen molar-refractivity contribution < 1.29 is 19.1 Å². The lowest BCUT2D eigenvalue weighted by molar-refractivity contribution is -0.143. The summed E-state index contributed by atoms with van der Waals surface area (Å²) in [6, 6.07) is 14.7. The lowest BCUT2D eigenvalue weighted by Crippen LogP contribution is -2.44. The van der Waals surface area contributed by atoms with E-state index in [2.05, 4.69) is 0 Å². The number of benzene rings is 2. The van der Waals surface area contributed by atoms with E-state index in [9.17, 15) is 9.59 Å². The Morgan fingerprint density at radius 2 is 1.91 bits per heavy atom. The van der Waals surface area contributed by atoms with Crippen LogP contribution in [0.25, 0.3) is 0 Å². The molecule has 3 rings (SSSR count). The summed E-state index contributed by atoms with van der Waals surface area (Å²) in [4.78, 5) is 27.6. The topological polar surface area (TPSA) is 71.4 Å².